The minimum absolute atomic E-state index is 0.157. The lowest BCUT2D eigenvalue weighted by Crippen LogP contribution is -2.55. The van der Waals surface area contributed by atoms with Crippen LogP contribution in [0.2, 0.25) is 0 Å². The lowest BCUT2D eigenvalue weighted by Gasteiger charge is -2.40. The molecule has 0 aromatic carbocycles. The van der Waals surface area contributed by atoms with E-state index >= 15 is 0 Å². The van der Waals surface area contributed by atoms with Crippen LogP contribution in [0, 0.1) is 16.7 Å². The first-order chi connectivity index (χ1) is 12.1. The zero-order valence-corrected chi connectivity index (χ0v) is 14.0. The fourth-order valence-electron chi connectivity index (χ4n) is 3.53. The molecule has 1 aliphatic carbocycles. The maximum absolute atomic E-state index is 14.6. The summed E-state index contributed by atoms with van der Waals surface area (Å²) in [6, 6.07) is 5.37. The minimum Gasteiger partial charge on any atom is -0.350 e. The van der Waals surface area contributed by atoms with Crippen molar-refractivity contribution in [3.05, 3.63) is 24.7 Å². The summed E-state index contributed by atoms with van der Waals surface area (Å²) in [4.78, 5) is 20.4. The predicted molar refractivity (Wildman–Crippen MR) is 88.6 cm³/mol. The molecule has 130 valence electrons. The van der Waals surface area contributed by atoms with Gasteiger partial charge in [-0.15, -0.1) is 0 Å². The molecule has 0 spiro atoms. The van der Waals surface area contributed by atoms with Crippen LogP contribution in [-0.4, -0.2) is 57.8 Å². The maximum atomic E-state index is 14.6. The van der Waals surface area contributed by atoms with Crippen LogP contribution in [0.1, 0.15) is 19.3 Å². The molecule has 2 atom stereocenters. The number of rotatable bonds is 3. The summed E-state index contributed by atoms with van der Waals surface area (Å²) in [6.45, 7) is 0.620. The Morgan fingerprint density at radius 3 is 3.04 bits per heavy atom. The van der Waals surface area contributed by atoms with E-state index in [1.54, 1.807) is 21.4 Å². The Kier molecular flexibility index (Phi) is 3.60. The molecule has 8 heteroatoms. The second kappa shape index (κ2) is 5.69. The number of amides is 1. The molecule has 0 bridgehead atoms. The van der Waals surface area contributed by atoms with Gasteiger partial charge in [-0.05, 0) is 31.4 Å². The lowest BCUT2D eigenvalue weighted by atomic mass is 9.99. The highest BCUT2D eigenvalue weighted by Crippen LogP contribution is 2.47. The summed E-state index contributed by atoms with van der Waals surface area (Å²) in [5, 5.41) is 13.4. The third-order valence-corrected chi connectivity index (χ3v) is 5.31. The number of hydrogen-bond donors (Lipinski definition) is 0. The lowest BCUT2D eigenvalue weighted by molar-refractivity contribution is -0.136. The molecule has 2 aromatic heterocycles. The standard InChI is InChI=1S/C17H19FN6O/c1-22(15-13-3-2-7-24(13)21-11-20-15)14-9-23(8-4-12(14)18)16(25)17(10-19)5-6-17/h2-3,7,11-12,14H,4-6,8-9H2,1H3/t12-,14+/m1/s1. The molecule has 2 aliphatic rings. The van der Waals surface area contributed by atoms with E-state index in [9.17, 15) is 14.4 Å². The van der Waals surface area contributed by atoms with Gasteiger partial charge in [-0.1, -0.05) is 0 Å². The fourth-order valence-corrected chi connectivity index (χ4v) is 3.53. The average molecular weight is 342 g/mol. The van der Waals surface area contributed by atoms with Crippen LogP contribution in [0.25, 0.3) is 5.52 Å². The number of anilines is 1. The van der Waals surface area contributed by atoms with Crippen LogP contribution in [0.15, 0.2) is 24.7 Å². The number of likely N-dealkylation sites (N-methyl/N-ethyl adjacent to an activating group) is 1. The van der Waals surface area contributed by atoms with E-state index in [0.29, 0.717) is 25.2 Å². The van der Waals surface area contributed by atoms with E-state index in [2.05, 4.69) is 16.2 Å². The monoisotopic (exact) mass is 342 g/mol. The maximum Gasteiger partial charge on any atom is 0.243 e. The Balaban J connectivity index is 1.59. The van der Waals surface area contributed by atoms with Crippen LogP contribution in [0.5, 0.6) is 0 Å². The van der Waals surface area contributed by atoms with Gasteiger partial charge in [-0.3, -0.25) is 4.79 Å². The van der Waals surface area contributed by atoms with Crippen molar-refractivity contribution in [1.82, 2.24) is 19.5 Å². The first-order valence-corrected chi connectivity index (χ1v) is 8.42. The van der Waals surface area contributed by atoms with E-state index in [1.807, 2.05) is 18.3 Å². The van der Waals surface area contributed by atoms with E-state index in [-0.39, 0.29) is 18.9 Å². The number of likely N-dealkylation sites (tertiary alicyclic amines) is 1. The van der Waals surface area contributed by atoms with Crippen LogP contribution in [0.3, 0.4) is 0 Å². The van der Waals surface area contributed by atoms with Crippen molar-refractivity contribution in [3.8, 4) is 6.07 Å². The first kappa shape index (κ1) is 15.8. The van der Waals surface area contributed by atoms with Gasteiger partial charge in [0.2, 0.25) is 5.91 Å². The highest BCUT2D eigenvalue weighted by Gasteiger charge is 2.53. The largest absolute Gasteiger partial charge is 0.350 e. The Morgan fingerprint density at radius 1 is 1.52 bits per heavy atom. The normalized spacial score (nSPS) is 24.8. The number of halogens is 1. The van der Waals surface area contributed by atoms with Gasteiger partial charge in [0.1, 0.15) is 23.4 Å². The predicted octanol–water partition coefficient (Wildman–Crippen LogP) is 1.41. The molecule has 1 amide bonds. The molecule has 3 heterocycles. The van der Waals surface area contributed by atoms with E-state index in [0.717, 1.165) is 5.52 Å². The Hall–Kier alpha value is -2.69. The zero-order valence-electron chi connectivity index (χ0n) is 14.0. The van der Waals surface area contributed by atoms with Crippen molar-refractivity contribution in [2.24, 2.45) is 5.41 Å². The van der Waals surface area contributed by atoms with Crippen LogP contribution < -0.4 is 4.90 Å². The summed E-state index contributed by atoms with van der Waals surface area (Å²) in [7, 11) is 1.79. The average Bonchev–Trinajstić information content (AvgIpc) is 3.29. The third kappa shape index (κ3) is 2.51. The molecule has 1 saturated heterocycles. The molecule has 0 N–H and O–H groups in total. The number of carbonyl (C=O) groups excluding carboxylic acids is 1. The Morgan fingerprint density at radius 2 is 2.32 bits per heavy atom. The molecule has 7 nitrogen and oxygen atoms in total. The van der Waals surface area contributed by atoms with E-state index in [4.69, 9.17) is 0 Å². The number of alkyl halides is 1. The molecule has 1 aliphatic heterocycles. The van der Waals surface area contributed by atoms with Crippen LogP contribution >= 0.6 is 0 Å². The second-order valence-electron chi connectivity index (χ2n) is 6.85. The van der Waals surface area contributed by atoms with Crippen molar-refractivity contribution < 1.29 is 9.18 Å². The van der Waals surface area contributed by atoms with Crippen molar-refractivity contribution in [1.29, 1.82) is 5.26 Å². The number of fused-ring (bicyclic) bond motifs is 1. The number of hydrogen-bond acceptors (Lipinski definition) is 5. The molecule has 2 fully saturated rings. The topological polar surface area (TPSA) is 77.5 Å². The highest BCUT2D eigenvalue weighted by atomic mass is 19.1. The van der Waals surface area contributed by atoms with Gasteiger partial charge in [-0.25, -0.2) is 13.9 Å². The number of carbonyl (C=O) groups is 1. The molecule has 4 rings (SSSR count). The number of nitrogens with zero attached hydrogens (tertiary/aromatic N) is 6. The molecule has 1 saturated carbocycles. The quantitative estimate of drug-likeness (QED) is 0.843. The second-order valence-corrected chi connectivity index (χ2v) is 6.85. The van der Waals surface area contributed by atoms with Gasteiger partial charge in [0.05, 0.1) is 12.1 Å². The minimum atomic E-state index is -1.06. The Labute approximate surface area is 144 Å². The summed E-state index contributed by atoms with van der Waals surface area (Å²) in [6.07, 6.45) is 3.67. The Bertz CT molecular complexity index is 854. The van der Waals surface area contributed by atoms with Gasteiger partial charge in [-0.2, -0.15) is 10.4 Å². The highest BCUT2D eigenvalue weighted by molar-refractivity contribution is 5.88. The zero-order chi connectivity index (χ0) is 17.6. The molecule has 25 heavy (non-hydrogen) atoms. The molecule has 0 radical (unpaired) electrons. The van der Waals surface area contributed by atoms with Crippen LogP contribution in [-0.2, 0) is 4.79 Å². The van der Waals surface area contributed by atoms with Crippen molar-refractivity contribution in [3.63, 3.8) is 0 Å². The SMILES string of the molecule is CN(c1ncnn2cccc12)[C@H]1CN(C(=O)C2(C#N)CC2)CC[C@H]1F. The van der Waals surface area contributed by atoms with Crippen molar-refractivity contribution >= 4 is 17.2 Å². The fraction of sp³-hybridized carbons (Fsp3) is 0.529. The van der Waals surface area contributed by atoms with Gasteiger partial charge in [0.15, 0.2) is 5.82 Å². The van der Waals surface area contributed by atoms with E-state index in [1.165, 1.54) is 6.33 Å². The molecular weight excluding hydrogens is 323 g/mol. The summed E-state index contributed by atoms with van der Waals surface area (Å²) in [5.41, 5.74) is -0.0768. The number of piperidine rings is 1. The third-order valence-electron chi connectivity index (χ3n) is 5.31. The number of nitriles is 1. The summed E-state index contributed by atoms with van der Waals surface area (Å²) < 4.78 is 16.3. The van der Waals surface area contributed by atoms with Gasteiger partial charge >= 0.3 is 0 Å². The van der Waals surface area contributed by atoms with Crippen molar-refractivity contribution in [2.45, 2.75) is 31.5 Å². The first-order valence-electron chi connectivity index (χ1n) is 8.42. The van der Waals surface area contributed by atoms with Crippen molar-refractivity contribution in [2.75, 3.05) is 25.0 Å². The van der Waals surface area contributed by atoms with Gasteiger partial charge < -0.3 is 9.80 Å². The van der Waals surface area contributed by atoms with Crippen LogP contribution in [0.4, 0.5) is 10.2 Å². The molecule has 0 unspecified atom stereocenters. The molecular formula is C17H19FN6O. The van der Waals surface area contributed by atoms with Gasteiger partial charge in [0.25, 0.3) is 0 Å². The number of aromatic nitrogens is 3. The summed E-state index contributed by atoms with van der Waals surface area (Å²) >= 11 is 0. The van der Waals surface area contributed by atoms with E-state index < -0.39 is 17.6 Å². The summed E-state index contributed by atoms with van der Waals surface area (Å²) in [5.74, 6) is 0.471. The smallest absolute Gasteiger partial charge is 0.243 e. The molecule has 2 aromatic rings. The van der Waals surface area contributed by atoms with Gasteiger partial charge in [0, 0.05) is 26.3 Å².